The van der Waals surface area contributed by atoms with Gasteiger partial charge in [0.05, 0.1) is 0 Å². The zero-order chi connectivity index (χ0) is 12.1. The van der Waals surface area contributed by atoms with E-state index in [9.17, 15) is 0 Å². The first-order chi connectivity index (χ1) is 8.03. The van der Waals surface area contributed by atoms with Gasteiger partial charge in [-0.1, -0.05) is 63.3 Å². The number of allylic oxidation sites excluding steroid dienone is 3. The van der Waals surface area contributed by atoms with Crippen LogP contribution in [0.4, 0.5) is 0 Å². The average molecular weight is 224 g/mol. The van der Waals surface area contributed by atoms with Crippen LogP contribution in [0.15, 0.2) is 47.6 Å². The van der Waals surface area contributed by atoms with E-state index in [1.807, 2.05) is 0 Å². The maximum Gasteiger partial charge on any atom is -0.00441 e. The van der Waals surface area contributed by atoms with E-state index in [-0.39, 0.29) is 0 Å². The lowest BCUT2D eigenvalue weighted by molar-refractivity contribution is 0.186. The lowest BCUT2D eigenvalue weighted by Gasteiger charge is -2.33. The Bertz CT molecular complexity index is 502. The third kappa shape index (κ3) is 1.43. The van der Waals surface area contributed by atoms with Crippen LogP contribution < -0.4 is 0 Å². The third-order valence-corrected chi connectivity index (χ3v) is 5.01. The van der Waals surface area contributed by atoms with E-state index >= 15 is 0 Å². The van der Waals surface area contributed by atoms with Gasteiger partial charge < -0.3 is 0 Å². The van der Waals surface area contributed by atoms with Gasteiger partial charge >= 0.3 is 0 Å². The smallest absolute Gasteiger partial charge is 0.00441 e. The van der Waals surface area contributed by atoms with Crippen molar-refractivity contribution < 1.29 is 0 Å². The molecule has 0 amide bonds. The lowest BCUT2D eigenvalue weighted by Crippen LogP contribution is -2.25. The summed E-state index contributed by atoms with van der Waals surface area (Å²) in [5.41, 5.74) is 5.27. The molecule has 3 rings (SSSR count). The minimum Gasteiger partial charge on any atom is -0.0799 e. The molecular weight excluding hydrogens is 204 g/mol. The van der Waals surface area contributed by atoms with Crippen LogP contribution in [-0.4, -0.2) is 0 Å². The van der Waals surface area contributed by atoms with Gasteiger partial charge in [-0.2, -0.15) is 0 Å². The number of hydrogen-bond donors (Lipinski definition) is 0. The van der Waals surface area contributed by atoms with Gasteiger partial charge in [-0.3, -0.25) is 0 Å². The first kappa shape index (κ1) is 10.8. The van der Waals surface area contributed by atoms with Gasteiger partial charge in [0.25, 0.3) is 0 Å². The first-order valence-corrected chi connectivity index (χ1v) is 6.50. The minimum absolute atomic E-state index is 0.355. The Kier molecular flexibility index (Phi) is 2.13. The number of benzene rings is 1. The second kappa shape index (κ2) is 3.35. The molecule has 88 valence electrons. The average Bonchev–Trinajstić information content (AvgIpc) is 2.61. The van der Waals surface area contributed by atoms with Crippen LogP contribution in [-0.2, 0) is 0 Å². The van der Waals surface area contributed by atoms with Crippen molar-refractivity contribution >= 4 is 6.08 Å². The highest BCUT2D eigenvalue weighted by molar-refractivity contribution is 5.64. The van der Waals surface area contributed by atoms with Crippen LogP contribution in [0.1, 0.15) is 39.2 Å². The van der Waals surface area contributed by atoms with Crippen LogP contribution in [0.3, 0.4) is 0 Å². The molecule has 0 radical (unpaired) electrons. The fraction of sp³-hybridized carbons (Fsp3) is 0.412. The first-order valence-electron chi connectivity index (χ1n) is 6.50. The molecule has 1 unspecified atom stereocenters. The van der Waals surface area contributed by atoms with E-state index in [0.717, 1.165) is 0 Å². The standard InChI is InChI=1S/C17H20/c1-16(2)15-9-10-17(16,3)12-14(15)11-13-7-5-4-6-8-13/h4-9,11H,10,12H2,1-3H3. The molecule has 1 fully saturated rings. The van der Waals surface area contributed by atoms with Gasteiger partial charge in [0, 0.05) is 0 Å². The molecule has 2 bridgehead atoms. The Labute approximate surface area is 104 Å². The molecule has 0 spiro atoms. The summed E-state index contributed by atoms with van der Waals surface area (Å²) in [7, 11) is 0. The molecule has 0 saturated heterocycles. The summed E-state index contributed by atoms with van der Waals surface area (Å²) in [6, 6.07) is 10.7. The predicted octanol–water partition coefficient (Wildman–Crippen LogP) is 4.84. The Hall–Kier alpha value is -1.30. The van der Waals surface area contributed by atoms with Crippen molar-refractivity contribution in [1.82, 2.24) is 0 Å². The molecular formula is C17H20. The minimum atomic E-state index is 0.355. The van der Waals surface area contributed by atoms with Gasteiger partial charge in [0.1, 0.15) is 0 Å². The van der Waals surface area contributed by atoms with Crippen molar-refractivity contribution in [2.24, 2.45) is 10.8 Å². The van der Waals surface area contributed by atoms with Crippen LogP contribution in [0, 0.1) is 10.8 Å². The quantitative estimate of drug-likeness (QED) is 0.640. The van der Waals surface area contributed by atoms with Gasteiger partial charge in [-0.05, 0) is 40.4 Å². The maximum atomic E-state index is 2.46. The Balaban J connectivity index is 2.02. The van der Waals surface area contributed by atoms with E-state index in [1.165, 1.54) is 18.4 Å². The van der Waals surface area contributed by atoms with Crippen LogP contribution in [0.2, 0.25) is 0 Å². The van der Waals surface area contributed by atoms with Crippen molar-refractivity contribution in [3.63, 3.8) is 0 Å². The summed E-state index contributed by atoms with van der Waals surface area (Å²) in [6.45, 7) is 7.23. The monoisotopic (exact) mass is 224 g/mol. The highest BCUT2D eigenvalue weighted by atomic mass is 14.6. The molecule has 0 nitrogen and oxygen atoms in total. The van der Waals surface area contributed by atoms with E-state index in [1.54, 1.807) is 11.1 Å². The molecule has 0 heteroatoms. The van der Waals surface area contributed by atoms with Crippen LogP contribution >= 0.6 is 0 Å². The summed E-state index contributed by atoms with van der Waals surface area (Å²) in [5.74, 6) is 0. The Morgan fingerprint density at radius 2 is 1.76 bits per heavy atom. The molecule has 1 aromatic carbocycles. The number of rotatable bonds is 1. The fourth-order valence-electron chi connectivity index (χ4n) is 3.38. The van der Waals surface area contributed by atoms with E-state index in [0.29, 0.717) is 10.8 Å². The molecule has 1 atom stereocenters. The molecule has 1 aromatic rings. The molecule has 0 heterocycles. The Morgan fingerprint density at radius 1 is 1.06 bits per heavy atom. The second-order valence-electron chi connectivity index (χ2n) is 6.26. The maximum absolute atomic E-state index is 2.46. The van der Waals surface area contributed by atoms with E-state index in [2.05, 4.69) is 63.3 Å². The van der Waals surface area contributed by atoms with Crippen molar-refractivity contribution in [1.29, 1.82) is 0 Å². The summed E-state index contributed by atoms with van der Waals surface area (Å²) in [5, 5.41) is 0. The zero-order valence-corrected chi connectivity index (χ0v) is 11.0. The van der Waals surface area contributed by atoms with Crippen LogP contribution in [0.5, 0.6) is 0 Å². The van der Waals surface area contributed by atoms with Crippen molar-refractivity contribution in [3.05, 3.63) is 53.1 Å². The van der Waals surface area contributed by atoms with Gasteiger partial charge in [-0.25, -0.2) is 0 Å². The molecule has 0 aromatic heterocycles. The normalized spacial score (nSPS) is 31.9. The summed E-state index contributed by atoms with van der Waals surface area (Å²) >= 11 is 0. The Morgan fingerprint density at radius 3 is 2.29 bits per heavy atom. The van der Waals surface area contributed by atoms with E-state index in [4.69, 9.17) is 0 Å². The van der Waals surface area contributed by atoms with Crippen molar-refractivity contribution in [2.45, 2.75) is 33.6 Å². The highest BCUT2D eigenvalue weighted by Gasteiger charge is 2.53. The molecule has 17 heavy (non-hydrogen) atoms. The lowest BCUT2D eigenvalue weighted by atomic mass is 9.71. The fourth-order valence-corrected chi connectivity index (χ4v) is 3.38. The molecule has 0 aliphatic heterocycles. The number of hydrogen-bond acceptors (Lipinski definition) is 0. The summed E-state index contributed by atoms with van der Waals surface area (Å²) in [4.78, 5) is 0. The third-order valence-electron chi connectivity index (χ3n) is 5.01. The van der Waals surface area contributed by atoms with Crippen molar-refractivity contribution in [2.75, 3.05) is 0 Å². The largest absolute Gasteiger partial charge is 0.0799 e. The van der Waals surface area contributed by atoms with Gasteiger partial charge in [-0.15, -0.1) is 0 Å². The SMILES string of the molecule is CC12CC=C(C(=Cc3ccccc3)C1)C2(C)C. The number of fused-ring (bicyclic) bond motifs is 2. The molecule has 1 saturated carbocycles. The highest BCUT2D eigenvalue weighted by Crippen LogP contribution is 2.64. The van der Waals surface area contributed by atoms with Crippen LogP contribution in [0.25, 0.3) is 6.08 Å². The zero-order valence-electron chi connectivity index (χ0n) is 11.0. The second-order valence-corrected chi connectivity index (χ2v) is 6.26. The van der Waals surface area contributed by atoms with Gasteiger partial charge in [0.2, 0.25) is 0 Å². The predicted molar refractivity (Wildman–Crippen MR) is 73.6 cm³/mol. The molecule has 2 aliphatic rings. The molecule has 2 aliphatic carbocycles. The van der Waals surface area contributed by atoms with E-state index < -0.39 is 0 Å². The summed E-state index contributed by atoms with van der Waals surface area (Å²) < 4.78 is 0. The van der Waals surface area contributed by atoms with Crippen molar-refractivity contribution in [3.8, 4) is 0 Å². The topological polar surface area (TPSA) is 0 Å². The molecule has 0 N–H and O–H groups in total. The van der Waals surface area contributed by atoms with Gasteiger partial charge in [0.15, 0.2) is 0 Å². The summed E-state index contributed by atoms with van der Waals surface area (Å²) in [6.07, 6.45) is 7.32.